The van der Waals surface area contributed by atoms with Crippen LogP contribution in [0.25, 0.3) is 0 Å². The van der Waals surface area contributed by atoms with Gasteiger partial charge in [0, 0.05) is 46.2 Å². The van der Waals surface area contributed by atoms with Crippen molar-refractivity contribution in [3.05, 3.63) is 36.2 Å². The lowest BCUT2D eigenvalue weighted by atomic mass is 9.79. The van der Waals surface area contributed by atoms with Crippen LogP contribution in [-0.2, 0) is 63.7 Å². The number of likely N-dealkylation sites (tertiary alicyclic amines) is 1. The van der Waals surface area contributed by atoms with Gasteiger partial charge in [0.1, 0.15) is 23.8 Å². The number of carbonyl (C=O) groups excluding carboxylic acids is 5. The highest BCUT2D eigenvalue weighted by atomic mass is 16.7. The number of carboxylic acids is 1. The summed E-state index contributed by atoms with van der Waals surface area (Å²) in [6.07, 6.45) is 6.09. The lowest BCUT2D eigenvalue weighted by molar-refractivity contribution is -0.199. The maximum Gasteiger partial charge on any atom is 0.305 e. The first kappa shape index (κ1) is 64.9. The molecular weight excluding hydrogens is 967 g/mol. The molecule has 0 spiro atoms. The first-order chi connectivity index (χ1) is 35.8. The van der Waals surface area contributed by atoms with Crippen LogP contribution in [0, 0.1) is 41.9 Å². The highest BCUT2D eigenvalue weighted by molar-refractivity contribution is 5.92. The van der Waals surface area contributed by atoms with E-state index in [0.717, 1.165) is 31.2 Å². The van der Waals surface area contributed by atoms with Crippen LogP contribution in [0.5, 0.6) is 5.75 Å². The molecule has 426 valence electrons. The van der Waals surface area contributed by atoms with Crippen LogP contribution in [0.1, 0.15) is 119 Å². The number of aliphatic carboxylic acids is 1. The fraction of sp³-hybridized carbons (Fsp3) is 0.768. The molecule has 19 nitrogen and oxygen atoms in total. The highest BCUT2D eigenvalue weighted by Crippen LogP contribution is 2.33. The number of hydrogen-bond donors (Lipinski definition) is 4. The molecule has 2 saturated heterocycles. The molecule has 1 aromatic rings. The molecule has 19 heteroatoms. The van der Waals surface area contributed by atoms with Gasteiger partial charge in [-0.15, -0.1) is 0 Å². The van der Waals surface area contributed by atoms with E-state index in [1.54, 1.807) is 45.4 Å². The Hall–Kier alpha value is -4.37. The Balaban J connectivity index is 1.64. The Morgan fingerprint density at radius 2 is 1.49 bits per heavy atom. The minimum absolute atomic E-state index is 0.0454. The van der Waals surface area contributed by atoms with Crippen molar-refractivity contribution < 1.29 is 67.5 Å². The number of likely N-dealkylation sites (N-methyl/N-ethyl adjacent to an activating group) is 1. The summed E-state index contributed by atoms with van der Waals surface area (Å²) in [6.45, 7) is 19.3. The van der Waals surface area contributed by atoms with E-state index < -0.39 is 54.2 Å². The van der Waals surface area contributed by atoms with Crippen LogP contribution < -0.4 is 10.6 Å². The number of nitrogens with one attached hydrogen (secondary N) is 2. The number of phenols is 1. The fourth-order valence-corrected chi connectivity index (χ4v) is 10.2. The number of hydrogen-bond acceptors (Lipinski definition) is 14. The maximum atomic E-state index is 14.5. The molecule has 0 aromatic heterocycles. The lowest BCUT2D eigenvalue weighted by Gasteiger charge is -2.37. The van der Waals surface area contributed by atoms with Crippen molar-refractivity contribution in [3.8, 4) is 5.75 Å². The number of Topliss-reactive ketones (excluding diaryl/α,β-unsaturated/α-hetero) is 1. The average molecular weight is 1060 g/mol. The van der Waals surface area contributed by atoms with Gasteiger partial charge in [-0.25, -0.2) is 5.06 Å². The molecule has 2 aliphatic rings. The number of phenolic OH excluding ortho intramolecular Hbond substituents is 1. The van der Waals surface area contributed by atoms with E-state index in [4.69, 9.17) is 33.6 Å². The standard InChI is InChI=1S/C56H93N5O14/c1-12-38(5)44(23-18-40(7)52(66)50(37(3)4)58-55(68)51(39(6)13-2)59(9)27-30-73-32-34-74-33-31-72-29-24-49(64)65)47(70-10)36-48(63)60-25-16-17-46(60)53(71-11)41(8)54(67)57-45(35-42-19-21-43(62)22-20-42)56(69)61-26-14-15-28-75-61/h13,19-22,37-41,44-47,50-51,53H,12,14-18,23-36H2,1-11H3,(H3-,57,58,62,64,65,67,68)/p+1. The zero-order valence-corrected chi connectivity index (χ0v) is 47.1. The Kier molecular flexibility index (Phi) is 29.8. The summed E-state index contributed by atoms with van der Waals surface area (Å²) < 4.78 is 28.7. The molecule has 11 atom stereocenters. The van der Waals surface area contributed by atoms with Crippen LogP contribution in [0.2, 0.25) is 0 Å². The minimum atomic E-state index is -0.934. The van der Waals surface area contributed by atoms with Crippen LogP contribution in [-0.4, -0.2) is 184 Å². The van der Waals surface area contributed by atoms with Crippen LogP contribution >= 0.6 is 0 Å². The first-order valence-electron chi connectivity index (χ1n) is 27.5. The molecule has 0 bridgehead atoms. The van der Waals surface area contributed by atoms with Crippen molar-refractivity contribution in [1.29, 1.82) is 0 Å². The van der Waals surface area contributed by atoms with Gasteiger partial charge in [0.15, 0.2) is 5.78 Å². The van der Waals surface area contributed by atoms with Gasteiger partial charge in [0.2, 0.25) is 17.7 Å². The summed E-state index contributed by atoms with van der Waals surface area (Å²) in [5.74, 6) is -3.24. The molecule has 11 unspecified atom stereocenters. The number of nitrogens with zero attached hydrogens (tertiary/aromatic N) is 3. The number of benzene rings is 1. The summed E-state index contributed by atoms with van der Waals surface area (Å²) in [5.41, 5.74) is 0.755. The van der Waals surface area contributed by atoms with E-state index in [2.05, 4.69) is 24.5 Å². The van der Waals surface area contributed by atoms with Crippen LogP contribution in [0.15, 0.2) is 24.3 Å². The minimum Gasteiger partial charge on any atom is -0.508 e. The average Bonchev–Trinajstić information content (AvgIpc) is 3.88. The van der Waals surface area contributed by atoms with Crippen molar-refractivity contribution in [1.82, 2.24) is 25.5 Å². The molecule has 4 amide bonds. The predicted octanol–water partition coefficient (Wildman–Crippen LogP) is 5.49. The SMILES string of the molecule is C[CH+]C(C)C(C(=O)NC(C(=O)C(C)CCC(C(C)CC)C(CC(=O)N1CCCC1C(OC)C(C)C(=O)NC(Cc1ccc(O)cc1)C(=O)N1CCCCO1)OC)C(C)C)N(C)CCOCCOCCOCCC(=O)O. The highest BCUT2D eigenvalue weighted by Gasteiger charge is 2.43. The Bertz CT molecular complexity index is 1870. The van der Waals surface area contributed by atoms with Gasteiger partial charge in [0.25, 0.3) is 5.91 Å². The van der Waals surface area contributed by atoms with Gasteiger partial charge < -0.3 is 49.4 Å². The van der Waals surface area contributed by atoms with Gasteiger partial charge in [-0.2, -0.15) is 0 Å². The van der Waals surface area contributed by atoms with Gasteiger partial charge in [0.05, 0.1) is 103 Å². The molecule has 0 aliphatic carbocycles. The van der Waals surface area contributed by atoms with Crippen molar-refractivity contribution in [3.63, 3.8) is 0 Å². The number of hydroxylamine groups is 2. The third kappa shape index (κ3) is 21.2. The van der Waals surface area contributed by atoms with E-state index >= 15 is 0 Å². The molecule has 0 radical (unpaired) electrons. The summed E-state index contributed by atoms with van der Waals surface area (Å²) >= 11 is 0. The van der Waals surface area contributed by atoms with Crippen LogP contribution in [0.4, 0.5) is 0 Å². The summed E-state index contributed by atoms with van der Waals surface area (Å²) in [5, 5.41) is 26.0. The fourth-order valence-electron chi connectivity index (χ4n) is 10.2. The zero-order valence-electron chi connectivity index (χ0n) is 47.1. The number of methoxy groups -OCH3 is 2. The Morgan fingerprint density at radius 3 is 2.07 bits per heavy atom. The van der Waals surface area contributed by atoms with Crippen molar-refractivity contribution in [2.75, 3.05) is 87.1 Å². The van der Waals surface area contributed by atoms with E-state index in [1.807, 2.05) is 57.9 Å². The molecule has 1 aromatic carbocycles. The molecular formula is C56H94N5O14+. The van der Waals surface area contributed by atoms with E-state index in [9.17, 15) is 33.9 Å². The van der Waals surface area contributed by atoms with Crippen molar-refractivity contribution >= 4 is 35.4 Å². The van der Waals surface area contributed by atoms with Crippen molar-refractivity contribution in [2.45, 2.75) is 156 Å². The van der Waals surface area contributed by atoms with E-state index in [0.29, 0.717) is 78.5 Å². The third-order valence-electron chi connectivity index (χ3n) is 15.2. The molecule has 2 aliphatic heterocycles. The number of carbonyl (C=O) groups is 6. The molecule has 0 saturated carbocycles. The quantitative estimate of drug-likeness (QED) is 0.0477. The maximum absolute atomic E-state index is 14.5. The first-order valence-corrected chi connectivity index (χ1v) is 27.5. The second-order valence-electron chi connectivity index (χ2n) is 20.9. The molecule has 4 N–H and O–H groups in total. The van der Waals surface area contributed by atoms with Gasteiger partial charge in [-0.05, 0) is 87.9 Å². The van der Waals surface area contributed by atoms with Gasteiger partial charge in [-0.3, -0.25) is 38.5 Å². The number of ketones is 1. The molecule has 2 heterocycles. The number of ether oxygens (including phenoxy) is 5. The predicted molar refractivity (Wildman–Crippen MR) is 284 cm³/mol. The van der Waals surface area contributed by atoms with Gasteiger partial charge in [-0.1, -0.05) is 60.1 Å². The molecule has 75 heavy (non-hydrogen) atoms. The van der Waals surface area contributed by atoms with E-state index in [1.165, 1.54) is 5.06 Å². The van der Waals surface area contributed by atoms with Crippen molar-refractivity contribution in [2.24, 2.45) is 35.5 Å². The second kappa shape index (κ2) is 34.4. The van der Waals surface area contributed by atoms with E-state index in [-0.39, 0.29) is 84.7 Å². The third-order valence-corrected chi connectivity index (χ3v) is 15.2. The number of aromatic hydroxyl groups is 1. The smallest absolute Gasteiger partial charge is 0.305 e. The zero-order chi connectivity index (χ0) is 55.6. The molecule has 2 fully saturated rings. The number of amides is 4. The Labute approximate surface area is 447 Å². The topological polar surface area (TPSA) is 232 Å². The monoisotopic (exact) mass is 1060 g/mol. The largest absolute Gasteiger partial charge is 0.508 e. The summed E-state index contributed by atoms with van der Waals surface area (Å²) in [6, 6.07) is 3.93. The second-order valence-corrected chi connectivity index (χ2v) is 20.9. The van der Waals surface area contributed by atoms with Gasteiger partial charge >= 0.3 is 5.97 Å². The lowest BCUT2D eigenvalue weighted by Crippen LogP contribution is -2.55. The van der Waals surface area contributed by atoms with Crippen LogP contribution in [0.3, 0.4) is 0 Å². The Morgan fingerprint density at radius 1 is 0.840 bits per heavy atom. The summed E-state index contributed by atoms with van der Waals surface area (Å²) in [7, 11) is 5.04. The summed E-state index contributed by atoms with van der Waals surface area (Å²) in [4.78, 5) is 90.8. The number of rotatable bonds is 37. The normalized spacial score (nSPS) is 19.1. The number of carboxylic acid groups (broad SMARTS) is 1. The molecule has 3 rings (SSSR count).